The Hall–Kier alpha value is -0.390. The van der Waals surface area contributed by atoms with E-state index in [1.165, 1.54) is 0 Å². The van der Waals surface area contributed by atoms with Gasteiger partial charge < -0.3 is 17.1 Å². The topological polar surface area (TPSA) is 55.6 Å². The van der Waals surface area contributed by atoms with Gasteiger partial charge in [-0.15, -0.1) is 0 Å². The summed E-state index contributed by atoms with van der Waals surface area (Å²) in [6.07, 6.45) is 0.518. The fourth-order valence-corrected chi connectivity index (χ4v) is 1.44. The average molecular weight is 210 g/mol. The molecule has 1 fully saturated rings. The largest absolute Gasteiger partial charge is 1.00 e. The molecule has 1 saturated heterocycles. The van der Waals surface area contributed by atoms with E-state index in [4.69, 9.17) is 4.74 Å². The van der Waals surface area contributed by atoms with Crippen molar-refractivity contribution in [2.75, 3.05) is 26.9 Å². The summed E-state index contributed by atoms with van der Waals surface area (Å²) >= 11 is 0. The van der Waals surface area contributed by atoms with Gasteiger partial charge in [0.15, 0.2) is 0 Å². The molecule has 0 saturated carbocycles. The molecule has 78 valence electrons. The average Bonchev–Trinajstić information content (AvgIpc) is 2.04. The first-order valence-corrected chi connectivity index (χ1v) is 4.01. The molecule has 0 spiro atoms. The quantitative estimate of drug-likeness (QED) is 0.368. The van der Waals surface area contributed by atoms with Crippen LogP contribution < -0.4 is 12.4 Å². The zero-order valence-electron chi connectivity index (χ0n) is 7.83. The van der Waals surface area contributed by atoms with Crippen molar-refractivity contribution in [1.29, 1.82) is 0 Å². The van der Waals surface area contributed by atoms with Crippen molar-refractivity contribution in [3.05, 3.63) is 10.1 Å². The van der Waals surface area contributed by atoms with Crippen LogP contribution in [0.3, 0.4) is 0 Å². The number of ether oxygens (including phenoxy) is 1. The van der Waals surface area contributed by atoms with Gasteiger partial charge in [-0.2, -0.15) is 0 Å². The predicted octanol–water partition coefficient (Wildman–Crippen LogP) is -2.66. The van der Waals surface area contributed by atoms with Crippen molar-refractivity contribution in [1.82, 2.24) is 4.90 Å². The number of likely N-dealkylation sites (N-methyl/N-ethyl adjacent to an activating group) is 1. The van der Waals surface area contributed by atoms with Gasteiger partial charge in [0.05, 0.1) is 13.3 Å². The number of hydrogen-bond donors (Lipinski definition) is 0. The van der Waals surface area contributed by atoms with E-state index in [0.717, 1.165) is 0 Å². The molecule has 1 aliphatic heterocycles. The van der Waals surface area contributed by atoms with E-state index in [2.05, 4.69) is 0 Å². The van der Waals surface area contributed by atoms with Crippen LogP contribution in [-0.4, -0.2) is 42.3 Å². The maximum Gasteiger partial charge on any atom is 0.257 e. The van der Waals surface area contributed by atoms with E-state index in [1.807, 2.05) is 18.9 Å². The highest BCUT2D eigenvalue weighted by Gasteiger charge is 2.44. The highest BCUT2D eigenvalue weighted by atomic mass is 35.5. The van der Waals surface area contributed by atoms with Crippen LogP contribution in [0.25, 0.3) is 0 Å². The first kappa shape index (κ1) is 12.6. The van der Waals surface area contributed by atoms with Gasteiger partial charge in [0.2, 0.25) is 0 Å². The molecule has 6 heteroatoms. The van der Waals surface area contributed by atoms with E-state index < -0.39 is 5.54 Å². The molecule has 0 amide bonds. The maximum absolute atomic E-state index is 10.8. The Morgan fingerprint density at radius 1 is 1.69 bits per heavy atom. The Morgan fingerprint density at radius 3 is 2.62 bits per heavy atom. The third-order valence-electron chi connectivity index (χ3n) is 2.29. The van der Waals surface area contributed by atoms with Crippen LogP contribution in [0.4, 0.5) is 0 Å². The summed E-state index contributed by atoms with van der Waals surface area (Å²) in [5, 5.41) is 10.8. The smallest absolute Gasteiger partial charge is 0.257 e. The molecule has 0 aliphatic carbocycles. The maximum atomic E-state index is 10.8. The molecule has 5 nitrogen and oxygen atoms in total. The third kappa shape index (κ3) is 2.52. The van der Waals surface area contributed by atoms with E-state index in [1.54, 1.807) is 0 Å². The second-order valence-corrected chi connectivity index (χ2v) is 3.33. The van der Waals surface area contributed by atoms with Crippen molar-refractivity contribution in [2.24, 2.45) is 0 Å². The first-order chi connectivity index (χ1) is 5.60. The molecular formula is C7H14ClN2O3-. The SMILES string of the molecule is CCC1([N+](=O)[O-])COCN(C)C1.[Cl-]. The van der Waals surface area contributed by atoms with E-state index in [-0.39, 0.29) is 23.9 Å². The minimum Gasteiger partial charge on any atom is -1.00 e. The van der Waals surface area contributed by atoms with E-state index >= 15 is 0 Å². The minimum atomic E-state index is -0.882. The number of halogens is 1. The molecule has 13 heavy (non-hydrogen) atoms. The molecule has 0 bridgehead atoms. The lowest BCUT2D eigenvalue weighted by molar-refractivity contribution is -0.581. The van der Waals surface area contributed by atoms with Crippen molar-refractivity contribution in [3.8, 4) is 0 Å². The van der Waals surface area contributed by atoms with Crippen LogP contribution in [0.15, 0.2) is 0 Å². The monoisotopic (exact) mass is 209 g/mol. The molecule has 1 heterocycles. The molecule has 0 aromatic rings. The first-order valence-electron chi connectivity index (χ1n) is 4.01. The summed E-state index contributed by atoms with van der Waals surface area (Å²) in [4.78, 5) is 12.4. The molecule has 0 N–H and O–H groups in total. The minimum absolute atomic E-state index is 0. The Morgan fingerprint density at radius 2 is 2.31 bits per heavy atom. The Balaban J connectivity index is 0.00000144. The molecule has 1 rings (SSSR count). The van der Waals surface area contributed by atoms with Crippen LogP contribution in [0, 0.1) is 10.1 Å². The van der Waals surface area contributed by atoms with Crippen LogP contribution in [-0.2, 0) is 4.74 Å². The van der Waals surface area contributed by atoms with Crippen molar-refractivity contribution >= 4 is 0 Å². The van der Waals surface area contributed by atoms with Crippen molar-refractivity contribution in [3.63, 3.8) is 0 Å². The standard InChI is InChI=1S/C7H14N2O3.ClH/c1-3-7(9(10)11)4-8(2)6-12-5-7;/h3-6H2,1-2H3;1H/p-1. The Bertz CT molecular complexity index is 191. The van der Waals surface area contributed by atoms with E-state index in [9.17, 15) is 10.1 Å². The second-order valence-electron chi connectivity index (χ2n) is 3.33. The lowest BCUT2D eigenvalue weighted by Crippen LogP contribution is -3.00. The fourth-order valence-electron chi connectivity index (χ4n) is 1.44. The van der Waals surface area contributed by atoms with Gasteiger partial charge in [0.25, 0.3) is 5.54 Å². The highest BCUT2D eigenvalue weighted by Crippen LogP contribution is 2.20. The van der Waals surface area contributed by atoms with Crippen LogP contribution in [0.1, 0.15) is 13.3 Å². The van der Waals surface area contributed by atoms with Crippen LogP contribution in [0.5, 0.6) is 0 Å². The normalized spacial score (nSPS) is 29.4. The summed E-state index contributed by atoms with van der Waals surface area (Å²) in [6, 6.07) is 0. The zero-order valence-corrected chi connectivity index (χ0v) is 8.58. The van der Waals surface area contributed by atoms with Crippen molar-refractivity contribution < 1.29 is 22.1 Å². The lowest BCUT2D eigenvalue weighted by atomic mass is 9.97. The molecule has 0 radical (unpaired) electrons. The van der Waals surface area contributed by atoms with Gasteiger partial charge in [-0.25, -0.2) is 0 Å². The number of nitrogens with zero attached hydrogens (tertiary/aromatic N) is 2. The molecular weight excluding hydrogens is 196 g/mol. The third-order valence-corrected chi connectivity index (χ3v) is 2.29. The summed E-state index contributed by atoms with van der Waals surface area (Å²) in [5.74, 6) is 0. The summed E-state index contributed by atoms with van der Waals surface area (Å²) < 4.78 is 5.13. The van der Waals surface area contributed by atoms with Gasteiger partial charge in [0, 0.05) is 11.3 Å². The highest BCUT2D eigenvalue weighted by molar-refractivity contribution is 4.83. The Labute approximate surface area is 83.6 Å². The molecule has 0 aromatic carbocycles. The molecule has 1 aliphatic rings. The van der Waals surface area contributed by atoms with Crippen molar-refractivity contribution in [2.45, 2.75) is 18.9 Å². The lowest BCUT2D eigenvalue weighted by Gasteiger charge is -2.33. The van der Waals surface area contributed by atoms with Gasteiger partial charge in [-0.1, -0.05) is 6.92 Å². The zero-order chi connectivity index (χ0) is 9.19. The summed E-state index contributed by atoms with van der Waals surface area (Å²) in [6.45, 7) is 3.04. The Kier molecular flexibility index (Phi) is 4.60. The summed E-state index contributed by atoms with van der Waals surface area (Å²) in [7, 11) is 1.83. The van der Waals surface area contributed by atoms with E-state index in [0.29, 0.717) is 19.7 Å². The second kappa shape index (κ2) is 4.74. The van der Waals surface area contributed by atoms with Gasteiger partial charge in [0.1, 0.15) is 6.61 Å². The van der Waals surface area contributed by atoms with Crippen LogP contribution in [0.2, 0.25) is 0 Å². The molecule has 0 aromatic heterocycles. The summed E-state index contributed by atoms with van der Waals surface area (Å²) in [5.41, 5.74) is -0.882. The van der Waals surface area contributed by atoms with Gasteiger partial charge in [-0.3, -0.25) is 15.0 Å². The van der Waals surface area contributed by atoms with Gasteiger partial charge in [-0.05, 0) is 7.05 Å². The number of nitro groups is 1. The van der Waals surface area contributed by atoms with Gasteiger partial charge >= 0.3 is 0 Å². The number of hydrogen-bond acceptors (Lipinski definition) is 4. The van der Waals surface area contributed by atoms with Crippen LogP contribution >= 0.6 is 0 Å². The molecule has 1 atom stereocenters. The fraction of sp³-hybridized carbons (Fsp3) is 1.00. The number of rotatable bonds is 2. The predicted molar refractivity (Wildman–Crippen MR) is 43.5 cm³/mol. The molecule has 1 unspecified atom stereocenters.